The van der Waals surface area contributed by atoms with Gasteiger partial charge in [-0.3, -0.25) is 4.57 Å². The van der Waals surface area contributed by atoms with Crippen LogP contribution in [0.25, 0.3) is 23.0 Å². The summed E-state index contributed by atoms with van der Waals surface area (Å²) in [5.41, 5.74) is 0.881. The lowest BCUT2D eigenvalue weighted by Gasteiger charge is -2.25. The second-order valence-electron chi connectivity index (χ2n) is 7.21. The second-order valence-corrected chi connectivity index (χ2v) is 9.01. The molecule has 1 fully saturated rings. The van der Waals surface area contributed by atoms with Crippen molar-refractivity contribution < 1.29 is 8.83 Å². The first kappa shape index (κ1) is 19.6. The molecule has 0 radical (unpaired) electrons. The highest BCUT2D eigenvalue weighted by atomic mass is 79.9. The molecule has 0 bridgehead atoms. The van der Waals surface area contributed by atoms with Crippen molar-refractivity contribution in [2.75, 3.05) is 0 Å². The van der Waals surface area contributed by atoms with E-state index in [-0.39, 0.29) is 0 Å². The van der Waals surface area contributed by atoms with Crippen molar-refractivity contribution in [2.24, 2.45) is 0 Å². The lowest BCUT2D eigenvalue weighted by molar-refractivity contribution is 0.337. The molecule has 0 saturated heterocycles. The summed E-state index contributed by atoms with van der Waals surface area (Å²) < 4.78 is 14.7. The zero-order chi connectivity index (χ0) is 20.3. The number of rotatable bonds is 6. The number of halogens is 1. The lowest BCUT2D eigenvalue weighted by Crippen LogP contribution is -2.15. The minimum Gasteiger partial charge on any atom is -0.461 e. The summed E-state index contributed by atoms with van der Waals surface area (Å²) in [4.78, 5) is 0. The van der Waals surface area contributed by atoms with Gasteiger partial charge in [0.25, 0.3) is 0 Å². The maximum absolute atomic E-state index is 5.89. The Morgan fingerprint density at radius 3 is 2.67 bits per heavy atom. The number of hydrogen-bond donors (Lipinski definition) is 0. The summed E-state index contributed by atoms with van der Waals surface area (Å²) in [5.74, 6) is 3.12. The minimum atomic E-state index is 0.384. The summed E-state index contributed by atoms with van der Waals surface area (Å²) in [6.45, 7) is 0. The van der Waals surface area contributed by atoms with Crippen LogP contribution < -0.4 is 0 Å². The second kappa shape index (κ2) is 8.77. The Morgan fingerprint density at radius 2 is 1.87 bits per heavy atom. The SMILES string of the molecule is Brc1ccccc1-c1nnc(CSc2nnc(-c3ccco3)n2C2CCCCC2)o1. The Kier molecular flexibility index (Phi) is 5.72. The van der Waals surface area contributed by atoms with Gasteiger partial charge in [0.1, 0.15) is 0 Å². The third-order valence-electron chi connectivity index (χ3n) is 5.24. The fraction of sp³-hybridized carbons (Fsp3) is 0.333. The van der Waals surface area contributed by atoms with Crippen molar-refractivity contribution in [3.05, 3.63) is 53.0 Å². The van der Waals surface area contributed by atoms with Crippen molar-refractivity contribution in [1.82, 2.24) is 25.0 Å². The number of nitrogens with zero attached hydrogens (tertiary/aromatic N) is 5. The summed E-state index contributed by atoms with van der Waals surface area (Å²) in [7, 11) is 0. The van der Waals surface area contributed by atoms with Gasteiger partial charge in [-0.15, -0.1) is 20.4 Å². The van der Waals surface area contributed by atoms with Crippen molar-refractivity contribution in [2.45, 2.75) is 49.1 Å². The molecular formula is C21H20BrN5O2S. The van der Waals surface area contributed by atoms with Crippen LogP contribution in [-0.2, 0) is 5.75 Å². The quantitative estimate of drug-likeness (QED) is 0.303. The molecule has 30 heavy (non-hydrogen) atoms. The Balaban J connectivity index is 1.38. The monoisotopic (exact) mass is 485 g/mol. The fourth-order valence-corrected chi connectivity index (χ4v) is 5.10. The first-order valence-electron chi connectivity index (χ1n) is 9.98. The van der Waals surface area contributed by atoms with Crippen molar-refractivity contribution in [3.63, 3.8) is 0 Å². The Labute approximate surface area is 186 Å². The lowest BCUT2D eigenvalue weighted by atomic mass is 9.95. The molecule has 1 saturated carbocycles. The number of thioether (sulfide) groups is 1. The molecule has 0 unspecified atom stereocenters. The number of aromatic nitrogens is 5. The van der Waals surface area contributed by atoms with Gasteiger partial charge in [0, 0.05) is 10.5 Å². The largest absolute Gasteiger partial charge is 0.461 e. The molecule has 1 aliphatic rings. The molecule has 0 N–H and O–H groups in total. The third kappa shape index (κ3) is 3.96. The average molecular weight is 486 g/mol. The van der Waals surface area contributed by atoms with Gasteiger partial charge < -0.3 is 8.83 Å². The van der Waals surface area contributed by atoms with E-state index in [0.717, 1.165) is 39.6 Å². The van der Waals surface area contributed by atoms with E-state index < -0.39 is 0 Å². The summed E-state index contributed by atoms with van der Waals surface area (Å²) in [6, 6.07) is 12.0. The molecule has 5 rings (SSSR count). The molecule has 7 nitrogen and oxygen atoms in total. The van der Waals surface area contributed by atoms with Gasteiger partial charge in [0.05, 0.1) is 17.6 Å². The van der Waals surface area contributed by atoms with Gasteiger partial charge in [-0.25, -0.2) is 0 Å². The summed E-state index contributed by atoms with van der Waals surface area (Å²) in [5, 5.41) is 18.2. The molecule has 0 atom stereocenters. The maximum Gasteiger partial charge on any atom is 0.248 e. The van der Waals surface area contributed by atoms with Crippen LogP contribution in [-0.4, -0.2) is 25.0 Å². The maximum atomic E-state index is 5.89. The Hall–Kier alpha value is -2.39. The first-order valence-corrected chi connectivity index (χ1v) is 11.8. The molecule has 1 aliphatic carbocycles. The van der Waals surface area contributed by atoms with Crippen LogP contribution in [0.15, 0.2) is 61.1 Å². The molecule has 4 aromatic rings. The predicted molar refractivity (Wildman–Crippen MR) is 117 cm³/mol. The van der Waals surface area contributed by atoms with Gasteiger partial charge in [-0.2, -0.15) is 0 Å². The van der Waals surface area contributed by atoms with Gasteiger partial charge in [0.2, 0.25) is 17.6 Å². The summed E-state index contributed by atoms with van der Waals surface area (Å²) in [6.07, 6.45) is 7.67. The zero-order valence-electron chi connectivity index (χ0n) is 16.2. The van der Waals surface area contributed by atoms with Crippen LogP contribution in [0.4, 0.5) is 0 Å². The van der Waals surface area contributed by atoms with Crippen LogP contribution >= 0.6 is 27.7 Å². The van der Waals surface area contributed by atoms with Crippen molar-refractivity contribution >= 4 is 27.7 Å². The van der Waals surface area contributed by atoms with E-state index in [9.17, 15) is 0 Å². The number of furan rings is 1. The normalized spacial score (nSPS) is 15.0. The minimum absolute atomic E-state index is 0.384. The molecule has 0 amide bonds. The van der Waals surface area contributed by atoms with E-state index in [4.69, 9.17) is 8.83 Å². The van der Waals surface area contributed by atoms with E-state index in [0.29, 0.717) is 23.6 Å². The van der Waals surface area contributed by atoms with E-state index in [2.05, 4.69) is 40.9 Å². The van der Waals surface area contributed by atoms with Crippen LogP contribution in [0.2, 0.25) is 0 Å². The molecule has 9 heteroatoms. The van der Waals surface area contributed by atoms with Crippen LogP contribution in [0, 0.1) is 0 Å². The van der Waals surface area contributed by atoms with Crippen LogP contribution in [0.3, 0.4) is 0 Å². The van der Waals surface area contributed by atoms with E-state index in [1.54, 1.807) is 18.0 Å². The van der Waals surface area contributed by atoms with E-state index >= 15 is 0 Å². The van der Waals surface area contributed by atoms with Gasteiger partial charge >= 0.3 is 0 Å². The smallest absolute Gasteiger partial charge is 0.248 e. The highest BCUT2D eigenvalue weighted by Crippen LogP contribution is 2.36. The molecule has 1 aromatic carbocycles. The van der Waals surface area contributed by atoms with Crippen LogP contribution in [0.5, 0.6) is 0 Å². The van der Waals surface area contributed by atoms with Gasteiger partial charge in [0.15, 0.2) is 10.9 Å². The van der Waals surface area contributed by atoms with E-state index in [1.807, 2.05) is 36.4 Å². The number of benzene rings is 1. The van der Waals surface area contributed by atoms with Crippen molar-refractivity contribution in [1.29, 1.82) is 0 Å². The average Bonchev–Trinajstić information content (AvgIpc) is 3.53. The van der Waals surface area contributed by atoms with Crippen molar-refractivity contribution in [3.8, 4) is 23.0 Å². The summed E-state index contributed by atoms with van der Waals surface area (Å²) >= 11 is 5.09. The van der Waals surface area contributed by atoms with Crippen LogP contribution in [0.1, 0.15) is 44.0 Å². The highest BCUT2D eigenvalue weighted by Gasteiger charge is 2.25. The topological polar surface area (TPSA) is 82.8 Å². The third-order valence-corrected chi connectivity index (χ3v) is 6.86. The Bertz CT molecular complexity index is 1120. The van der Waals surface area contributed by atoms with E-state index in [1.165, 1.54) is 19.3 Å². The molecule has 0 aliphatic heterocycles. The molecule has 154 valence electrons. The first-order chi connectivity index (χ1) is 14.8. The van der Waals surface area contributed by atoms with Gasteiger partial charge in [-0.05, 0) is 53.0 Å². The fourth-order valence-electron chi connectivity index (χ4n) is 3.80. The molecule has 3 heterocycles. The molecule has 0 spiro atoms. The number of hydrogen-bond acceptors (Lipinski definition) is 7. The molecule has 3 aromatic heterocycles. The standard InChI is InChI=1S/C21H20BrN5O2S/c22-16-10-5-4-9-15(16)20-25-23-18(29-20)13-30-21-26-24-19(17-11-6-12-28-17)27(21)14-7-2-1-3-8-14/h4-6,9-12,14H,1-3,7-8,13H2. The molecular weight excluding hydrogens is 466 g/mol. The predicted octanol–water partition coefficient (Wildman–Crippen LogP) is 6.15. The van der Waals surface area contributed by atoms with Gasteiger partial charge in [-0.1, -0.05) is 43.2 Å². The Morgan fingerprint density at radius 1 is 1.00 bits per heavy atom. The zero-order valence-corrected chi connectivity index (χ0v) is 18.6. The highest BCUT2D eigenvalue weighted by molar-refractivity contribution is 9.10.